The average Bonchev–Trinajstić information content (AvgIpc) is 2.91. The van der Waals surface area contributed by atoms with Gasteiger partial charge in [0.15, 0.2) is 0 Å². The lowest BCUT2D eigenvalue weighted by Crippen LogP contribution is -2.37. The third-order valence-electron chi connectivity index (χ3n) is 2.91. The zero-order valence-corrected chi connectivity index (χ0v) is 12.3. The number of amides is 2. The molecule has 2 rings (SSSR count). The Balaban J connectivity index is 1.94. The first-order chi connectivity index (χ1) is 10.1. The smallest absolute Gasteiger partial charge is 0.337 e. The molecule has 0 bridgehead atoms. The van der Waals surface area contributed by atoms with E-state index in [1.165, 1.54) is 11.6 Å². The van der Waals surface area contributed by atoms with Gasteiger partial charge in [0.05, 0.1) is 11.3 Å². The van der Waals surface area contributed by atoms with Gasteiger partial charge in [-0.1, -0.05) is 12.1 Å². The van der Waals surface area contributed by atoms with E-state index in [4.69, 9.17) is 5.11 Å². The average molecular weight is 304 g/mol. The zero-order chi connectivity index (χ0) is 15.2. The zero-order valence-electron chi connectivity index (χ0n) is 11.5. The maximum absolute atomic E-state index is 11.9. The minimum absolute atomic E-state index is 0.0448. The lowest BCUT2D eigenvalue weighted by molar-refractivity contribution is 0.0698. The number of carboxylic acids is 1. The predicted molar refractivity (Wildman–Crippen MR) is 83.0 cm³/mol. The lowest BCUT2D eigenvalue weighted by Gasteiger charge is -2.15. The van der Waals surface area contributed by atoms with Crippen LogP contribution in [0, 0.1) is 0 Å². The molecule has 0 saturated carbocycles. The summed E-state index contributed by atoms with van der Waals surface area (Å²) in [5.74, 6) is -1.07. The number of aromatic carboxylic acids is 1. The normalized spacial score (nSPS) is 11.7. The van der Waals surface area contributed by atoms with Crippen LogP contribution in [-0.2, 0) is 6.42 Å². The van der Waals surface area contributed by atoms with Crippen LogP contribution in [0.3, 0.4) is 0 Å². The first kappa shape index (κ1) is 15.1. The van der Waals surface area contributed by atoms with Crippen molar-refractivity contribution in [3.8, 4) is 0 Å². The highest BCUT2D eigenvalue weighted by Crippen LogP contribution is 2.15. The van der Waals surface area contributed by atoms with Crippen molar-refractivity contribution in [1.82, 2.24) is 5.32 Å². The summed E-state index contributed by atoms with van der Waals surface area (Å²) in [7, 11) is 0. The molecule has 2 aromatic rings. The van der Waals surface area contributed by atoms with Crippen LogP contribution in [0.4, 0.5) is 10.5 Å². The van der Waals surface area contributed by atoms with Gasteiger partial charge in [-0.15, -0.1) is 0 Å². The Labute approximate surface area is 126 Å². The van der Waals surface area contributed by atoms with E-state index in [0.29, 0.717) is 0 Å². The van der Waals surface area contributed by atoms with Crippen molar-refractivity contribution in [1.29, 1.82) is 0 Å². The summed E-state index contributed by atoms with van der Waals surface area (Å²) in [6, 6.07) is 7.87. The molecular formula is C15H16N2O3S. The summed E-state index contributed by atoms with van der Waals surface area (Å²) < 4.78 is 0. The number of urea groups is 1. The number of para-hydroxylation sites is 1. The molecule has 6 heteroatoms. The van der Waals surface area contributed by atoms with Crippen LogP contribution in [0.25, 0.3) is 0 Å². The summed E-state index contributed by atoms with van der Waals surface area (Å²) in [5.41, 5.74) is 1.52. The van der Waals surface area contributed by atoms with E-state index in [1.54, 1.807) is 29.5 Å². The van der Waals surface area contributed by atoms with Gasteiger partial charge in [0.2, 0.25) is 0 Å². The van der Waals surface area contributed by atoms with Crippen molar-refractivity contribution >= 4 is 29.0 Å². The van der Waals surface area contributed by atoms with Gasteiger partial charge in [0, 0.05) is 6.04 Å². The fourth-order valence-corrected chi connectivity index (χ4v) is 2.66. The molecule has 0 aliphatic carbocycles. The van der Waals surface area contributed by atoms with Crippen molar-refractivity contribution in [3.63, 3.8) is 0 Å². The molecule has 0 aliphatic rings. The number of carboxylic acid groups (broad SMARTS) is 1. The van der Waals surface area contributed by atoms with E-state index in [-0.39, 0.29) is 17.3 Å². The molecule has 3 N–H and O–H groups in total. The lowest BCUT2D eigenvalue weighted by atomic mass is 10.1. The van der Waals surface area contributed by atoms with E-state index in [1.807, 2.05) is 23.8 Å². The molecule has 0 saturated heterocycles. The minimum Gasteiger partial charge on any atom is -0.478 e. The van der Waals surface area contributed by atoms with Gasteiger partial charge >= 0.3 is 12.0 Å². The number of thiophene rings is 1. The van der Waals surface area contributed by atoms with Gasteiger partial charge in [-0.25, -0.2) is 9.59 Å². The Hall–Kier alpha value is -2.34. The third kappa shape index (κ3) is 4.32. The van der Waals surface area contributed by atoms with Crippen LogP contribution < -0.4 is 10.6 Å². The highest BCUT2D eigenvalue weighted by molar-refractivity contribution is 7.07. The summed E-state index contributed by atoms with van der Waals surface area (Å²) in [5, 5.41) is 18.5. The van der Waals surface area contributed by atoms with Gasteiger partial charge < -0.3 is 15.7 Å². The summed E-state index contributed by atoms with van der Waals surface area (Å²) >= 11 is 1.61. The first-order valence-electron chi connectivity index (χ1n) is 6.47. The molecule has 1 aromatic carbocycles. The SMILES string of the molecule is CC(Cc1ccsc1)NC(=O)Nc1ccccc1C(=O)O. The largest absolute Gasteiger partial charge is 0.478 e. The molecule has 1 atom stereocenters. The van der Waals surface area contributed by atoms with Crippen LogP contribution in [-0.4, -0.2) is 23.1 Å². The third-order valence-corrected chi connectivity index (χ3v) is 3.64. The Morgan fingerprint density at radius 3 is 2.71 bits per heavy atom. The van der Waals surface area contributed by atoms with Crippen LogP contribution in [0.2, 0.25) is 0 Å². The Morgan fingerprint density at radius 2 is 2.05 bits per heavy atom. The van der Waals surface area contributed by atoms with Gasteiger partial charge in [0.25, 0.3) is 0 Å². The van der Waals surface area contributed by atoms with Gasteiger partial charge in [-0.05, 0) is 47.9 Å². The molecular weight excluding hydrogens is 288 g/mol. The topological polar surface area (TPSA) is 78.4 Å². The molecule has 1 unspecified atom stereocenters. The molecule has 0 aliphatic heterocycles. The Bertz CT molecular complexity index is 626. The van der Waals surface area contributed by atoms with Crippen LogP contribution in [0.5, 0.6) is 0 Å². The highest BCUT2D eigenvalue weighted by Gasteiger charge is 2.13. The summed E-state index contributed by atoms with van der Waals surface area (Å²) in [6.07, 6.45) is 0.734. The number of hydrogen-bond donors (Lipinski definition) is 3. The second-order valence-corrected chi connectivity index (χ2v) is 5.47. The van der Waals surface area contributed by atoms with E-state index < -0.39 is 12.0 Å². The monoisotopic (exact) mass is 304 g/mol. The molecule has 0 fully saturated rings. The molecule has 0 radical (unpaired) electrons. The Kier molecular flexibility index (Phi) is 4.94. The van der Waals surface area contributed by atoms with E-state index in [0.717, 1.165) is 6.42 Å². The van der Waals surface area contributed by atoms with Crippen molar-refractivity contribution in [2.24, 2.45) is 0 Å². The maximum atomic E-state index is 11.9. The van der Waals surface area contributed by atoms with Crippen LogP contribution >= 0.6 is 11.3 Å². The fourth-order valence-electron chi connectivity index (χ4n) is 1.97. The number of rotatable bonds is 5. The molecule has 2 amide bonds. The first-order valence-corrected chi connectivity index (χ1v) is 7.41. The summed E-state index contributed by atoms with van der Waals surface area (Å²) in [6.45, 7) is 1.90. The quantitative estimate of drug-likeness (QED) is 0.793. The number of anilines is 1. The van der Waals surface area contributed by atoms with Crippen LogP contribution in [0.15, 0.2) is 41.1 Å². The number of nitrogens with one attached hydrogen (secondary N) is 2. The highest BCUT2D eigenvalue weighted by atomic mass is 32.1. The maximum Gasteiger partial charge on any atom is 0.337 e. The van der Waals surface area contributed by atoms with Crippen molar-refractivity contribution in [2.75, 3.05) is 5.32 Å². The molecule has 1 aromatic heterocycles. The Morgan fingerprint density at radius 1 is 1.29 bits per heavy atom. The van der Waals surface area contributed by atoms with Crippen molar-refractivity contribution in [2.45, 2.75) is 19.4 Å². The predicted octanol–water partition coefficient (Wildman–Crippen LogP) is 3.20. The standard InChI is InChI=1S/C15H16N2O3S/c1-10(8-11-6-7-21-9-11)16-15(20)17-13-5-3-2-4-12(13)14(18)19/h2-7,9-10H,8H2,1H3,(H,18,19)(H2,16,17,20). The second-order valence-electron chi connectivity index (χ2n) is 4.69. The molecule has 5 nitrogen and oxygen atoms in total. The fraction of sp³-hybridized carbons (Fsp3) is 0.200. The van der Waals surface area contributed by atoms with E-state index in [2.05, 4.69) is 10.6 Å². The number of hydrogen-bond acceptors (Lipinski definition) is 3. The molecule has 1 heterocycles. The molecule has 21 heavy (non-hydrogen) atoms. The van der Waals surface area contributed by atoms with Crippen molar-refractivity contribution in [3.05, 3.63) is 52.2 Å². The number of carbonyl (C=O) groups is 2. The second kappa shape index (κ2) is 6.90. The van der Waals surface area contributed by atoms with Gasteiger partial charge in [-0.2, -0.15) is 11.3 Å². The van der Waals surface area contributed by atoms with E-state index in [9.17, 15) is 9.59 Å². The van der Waals surface area contributed by atoms with Gasteiger partial charge in [0.1, 0.15) is 0 Å². The van der Waals surface area contributed by atoms with Crippen LogP contribution in [0.1, 0.15) is 22.8 Å². The number of benzene rings is 1. The van der Waals surface area contributed by atoms with Crippen molar-refractivity contribution < 1.29 is 14.7 Å². The van der Waals surface area contributed by atoms with Gasteiger partial charge in [-0.3, -0.25) is 0 Å². The number of carbonyl (C=O) groups excluding carboxylic acids is 1. The summed E-state index contributed by atoms with van der Waals surface area (Å²) in [4.78, 5) is 23.0. The van der Waals surface area contributed by atoms with E-state index >= 15 is 0 Å². The minimum atomic E-state index is -1.07. The molecule has 0 spiro atoms. The molecule has 110 valence electrons.